The van der Waals surface area contributed by atoms with E-state index in [4.69, 9.17) is 9.16 Å². The van der Waals surface area contributed by atoms with Crippen molar-refractivity contribution in [1.82, 2.24) is 0 Å². The van der Waals surface area contributed by atoms with Gasteiger partial charge in [0.15, 0.2) is 8.32 Å². The van der Waals surface area contributed by atoms with E-state index < -0.39 is 8.32 Å². The van der Waals surface area contributed by atoms with E-state index in [0.717, 1.165) is 15.8 Å². The van der Waals surface area contributed by atoms with Crippen molar-refractivity contribution in [3.05, 3.63) is 40.6 Å². The minimum absolute atomic E-state index is 0.0238. The average molecular weight is 405 g/mol. The fourth-order valence-corrected chi connectivity index (χ4v) is 3.99. The molecule has 0 fully saturated rings. The second-order valence-corrected chi connectivity index (χ2v) is 12.4. The quantitative estimate of drug-likeness (QED) is 0.335. The molecule has 0 amide bonds. The highest BCUT2D eigenvalue weighted by molar-refractivity contribution is 14.1. The predicted molar refractivity (Wildman–Crippen MR) is 97.3 cm³/mol. The van der Waals surface area contributed by atoms with Crippen LogP contribution in [-0.2, 0) is 9.16 Å². The number of ether oxygens (including phenoxy) is 1. The first kappa shape index (κ1) is 18.0. The van der Waals surface area contributed by atoms with Crippen LogP contribution in [0.1, 0.15) is 27.2 Å². The van der Waals surface area contributed by atoms with Crippen LogP contribution in [-0.4, -0.2) is 21.0 Å². The SMILES string of the molecule is C=CCOC1=C(I)[C](C=C)CC1O[Si](C)(C)C(C)(C)C. The molecule has 0 aromatic heterocycles. The molecule has 1 aliphatic rings. The predicted octanol–water partition coefficient (Wildman–Crippen LogP) is 5.39. The van der Waals surface area contributed by atoms with Gasteiger partial charge in [-0.1, -0.05) is 39.5 Å². The molecule has 2 nitrogen and oxygen atoms in total. The van der Waals surface area contributed by atoms with Crippen LogP contribution in [0.5, 0.6) is 0 Å². The largest absolute Gasteiger partial charge is 0.490 e. The summed E-state index contributed by atoms with van der Waals surface area (Å²) in [5.74, 6) is 2.17. The molecule has 4 heteroatoms. The van der Waals surface area contributed by atoms with Gasteiger partial charge in [0.05, 0.1) is 0 Å². The molecule has 0 spiro atoms. The summed E-state index contributed by atoms with van der Waals surface area (Å²) in [6.07, 6.45) is 4.57. The van der Waals surface area contributed by atoms with Gasteiger partial charge in [-0.05, 0) is 47.1 Å². The lowest BCUT2D eigenvalue weighted by Crippen LogP contribution is -2.44. The first-order chi connectivity index (χ1) is 9.14. The summed E-state index contributed by atoms with van der Waals surface area (Å²) < 4.78 is 13.5. The van der Waals surface area contributed by atoms with Gasteiger partial charge in [-0.25, -0.2) is 0 Å². The number of hydrogen-bond acceptors (Lipinski definition) is 2. The van der Waals surface area contributed by atoms with E-state index >= 15 is 0 Å². The van der Waals surface area contributed by atoms with E-state index in [0.29, 0.717) is 6.61 Å². The van der Waals surface area contributed by atoms with Crippen molar-refractivity contribution in [2.75, 3.05) is 6.61 Å². The van der Waals surface area contributed by atoms with Gasteiger partial charge in [0.25, 0.3) is 0 Å². The van der Waals surface area contributed by atoms with Crippen LogP contribution in [0.15, 0.2) is 34.6 Å². The third-order valence-electron chi connectivity index (χ3n) is 4.04. The summed E-state index contributed by atoms with van der Waals surface area (Å²) in [7, 11) is -1.81. The molecule has 1 aliphatic carbocycles. The molecule has 0 aromatic rings. The first-order valence-electron chi connectivity index (χ1n) is 6.94. The molecular formula is C16H26IO2Si. The third-order valence-corrected chi connectivity index (χ3v) is 9.75. The van der Waals surface area contributed by atoms with Gasteiger partial charge in [-0.2, -0.15) is 0 Å². The zero-order valence-corrected chi connectivity index (χ0v) is 16.4. The van der Waals surface area contributed by atoms with E-state index in [-0.39, 0.29) is 11.1 Å². The number of hydrogen-bond donors (Lipinski definition) is 0. The maximum atomic E-state index is 6.52. The second kappa shape index (κ2) is 6.79. The standard InChI is InChI=1S/C16H26IO2Si/c1-8-10-18-15-13(11-12(9-2)14(15)17)19-20(6,7)16(3,4)5/h8-9,13H,1-2,10-11H2,3-7H3. The molecule has 1 unspecified atom stereocenters. The number of halogens is 1. The van der Waals surface area contributed by atoms with Crippen LogP contribution in [0, 0.1) is 5.92 Å². The van der Waals surface area contributed by atoms with Crippen molar-refractivity contribution in [3.63, 3.8) is 0 Å². The summed E-state index contributed by atoms with van der Waals surface area (Å²) in [5, 5.41) is 0.193. The lowest BCUT2D eigenvalue weighted by atomic mass is 10.1. The second-order valence-electron chi connectivity index (χ2n) is 6.58. The Morgan fingerprint density at radius 2 is 1.95 bits per heavy atom. The van der Waals surface area contributed by atoms with Crippen LogP contribution >= 0.6 is 22.6 Å². The summed E-state index contributed by atoms with van der Waals surface area (Å²) in [4.78, 5) is 0. The zero-order valence-electron chi connectivity index (χ0n) is 13.3. The molecule has 0 heterocycles. The van der Waals surface area contributed by atoms with Crippen molar-refractivity contribution in [2.24, 2.45) is 0 Å². The Hall–Kier alpha value is -0.0731. The van der Waals surface area contributed by atoms with Gasteiger partial charge in [-0.3, -0.25) is 0 Å². The Kier molecular flexibility index (Phi) is 6.10. The van der Waals surface area contributed by atoms with Gasteiger partial charge in [-0.15, -0.1) is 6.58 Å². The van der Waals surface area contributed by atoms with E-state index in [1.165, 1.54) is 5.92 Å². The molecule has 0 aromatic carbocycles. The molecule has 0 saturated carbocycles. The molecule has 0 N–H and O–H groups in total. The molecule has 1 radical (unpaired) electrons. The highest BCUT2D eigenvalue weighted by Gasteiger charge is 2.43. The van der Waals surface area contributed by atoms with Crippen molar-refractivity contribution in [2.45, 2.75) is 51.4 Å². The fraction of sp³-hybridized carbons (Fsp3) is 0.562. The van der Waals surface area contributed by atoms with E-state index in [9.17, 15) is 0 Å². The van der Waals surface area contributed by atoms with Gasteiger partial charge in [0.2, 0.25) is 0 Å². The molecule has 0 saturated heterocycles. The van der Waals surface area contributed by atoms with E-state index in [2.05, 4.69) is 69.6 Å². The lowest BCUT2D eigenvalue weighted by molar-refractivity contribution is 0.127. The summed E-state index contributed by atoms with van der Waals surface area (Å²) >= 11 is 2.33. The zero-order chi connectivity index (χ0) is 15.6. The van der Waals surface area contributed by atoms with Gasteiger partial charge < -0.3 is 9.16 Å². The van der Waals surface area contributed by atoms with Gasteiger partial charge in [0, 0.05) is 9.50 Å². The van der Waals surface area contributed by atoms with Gasteiger partial charge in [0.1, 0.15) is 18.5 Å². The molecule has 1 rings (SSSR count). The van der Waals surface area contributed by atoms with Crippen molar-refractivity contribution < 1.29 is 9.16 Å². The molecule has 1 atom stereocenters. The lowest BCUT2D eigenvalue weighted by Gasteiger charge is -2.38. The molecule has 0 aliphatic heterocycles. The third kappa shape index (κ3) is 3.98. The Balaban J connectivity index is 2.94. The maximum absolute atomic E-state index is 6.52. The summed E-state index contributed by atoms with van der Waals surface area (Å²) in [6, 6.07) is 0. The Morgan fingerprint density at radius 3 is 2.40 bits per heavy atom. The number of allylic oxidation sites excluding steroid dienone is 2. The minimum atomic E-state index is -1.81. The first-order valence-corrected chi connectivity index (χ1v) is 10.9. The van der Waals surface area contributed by atoms with Crippen molar-refractivity contribution >= 4 is 30.9 Å². The Morgan fingerprint density at radius 1 is 1.35 bits per heavy atom. The normalized spacial score (nSPS) is 21.2. The Bertz CT molecular complexity index is 407. The van der Waals surface area contributed by atoms with Crippen LogP contribution in [0.25, 0.3) is 0 Å². The summed E-state index contributed by atoms with van der Waals surface area (Å²) in [6.45, 7) is 19.4. The maximum Gasteiger partial charge on any atom is 0.193 e. The highest BCUT2D eigenvalue weighted by Crippen LogP contribution is 2.45. The fourth-order valence-electron chi connectivity index (χ4n) is 1.79. The monoisotopic (exact) mass is 405 g/mol. The topological polar surface area (TPSA) is 18.5 Å². The molecule has 20 heavy (non-hydrogen) atoms. The van der Waals surface area contributed by atoms with Crippen LogP contribution < -0.4 is 0 Å². The smallest absolute Gasteiger partial charge is 0.193 e. The molecular weight excluding hydrogens is 379 g/mol. The Labute approximate surface area is 138 Å². The van der Waals surface area contributed by atoms with Gasteiger partial charge >= 0.3 is 0 Å². The molecule has 113 valence electrons. The van der Waals surface area contributed by atoms with E-state index in [1.807, 2.05) is 6.08 Å². The average Bonchev–Trinajstić information content (AvgIpc) is 2.61. The van der Waals surface area contributed by atoms with Crippen molar-refractivity contribution in [3.8, 4) is 0 Å². The number of rotatable bonds is 6. The van der Waals surface area contributed by atoms with Crippen molar-refractivity contribution in [1.29, 1.82) is 0 Å². The van der Waals surface area contributed by atoms with Crippen LogP contribution in [0.3, 0.4) is 0 Å². The van der Waals surface area contributed by atoms with Crippen LogP contribution in [0.2, 0.25) is 18.1 Å². The van der Waals surface area contributed by atoms with Crippen LogP contribution in [0.4, 0.5) is 0 Å². The molecule has 0 bridgehead atoms. The highest BCUT2D eigenvalue weighted by atomic mass is 127. The van der Waals surface area contributed by atoms with E-state index in [1.54, 1.807) is 6.08 Å². The minimum Gasteiger partial charge on any atom is -0.490 e. The summed E-state index contributed by atoms with van der Waals surface area (Å²) in [5.41, 5.74) is 0.